The van der Waals surface area contributed by atoms with Crippen LogP contribution in [0.5, 0.6) is 0 Å². The maximum absolute atomic E-state index is 12.0. The number of hydrogen-bond acceptors (Lipinski definition) is 3. The van der Waals surface area contributed by atoms with E-state index in [1.165, 1.54) is 16.7 Å². The van der Waals surface area contributed by atoms with Gasteiger partial charge < -0.3 is 15.8 Å². The highest BCUT2D eigenvalue weighted by molar-refractivity contribution is 5.84. The molecule has 4 heteroatoms. The summed E-state index contributed by atoms with van der Waals surface area (Å²) < 4.78 is 5.11. The van der Waals surface area contributed by atoms with Crippen LogP contribution in [0, 0.1) is 19.3 Å². The Balaban J connectivity index is 1.85. The van der Waals surface area contributed by atoms with Crippen molar-refractivity contribution in [3.63, 3.8) is 0 Å². The lowest BCUT2D eigenvalue weighted by Gasteiger charge is -2.38. The first-order chi connectivity index (χ1) is 9.07. The molecule has 0 aliphatic carbocycles. The number of aryl methyl sites for hydroxylation is 2. The maximum atomic E-state index is 12.0. The quantitative estimate of drug-likeness (QED) is 0.830. The molecule has 1 heterocycles. The van der Waals surface area contributed by atoms with Gasteiger partial charge in [0.1, 0.15) is 5.41 Å². The molecule has 0 spiro atoms. The first-order valence-corrected chi connectivity index (χ1v) is 6.70. The number of nitrogens with two attached hydrogens (primary N) is 1. The van der Waals surface area contributed by atoms with Crippen LogP contribution in [-0.2, 0) is 16.0 Å². The van der Waals surface area contributed by atoms with Crippen molar-refractivity contribution in [2.45, 2.75) is 20.3 Å². The molecular formula is C15H22N2O2. The zero-order valence-electron chi connectivity index (χ0n) is 11.7. The van der Waals surface area contributed by atoms with E-state index < -0.39 is 5.41 Å². The molecule has 104 valence electrons. The summed E-state index contributed by atoms with van der Waals surface area (Å²) in [5.74, 6) is 0.0195. The van der Waals surface area contributed by atoms with E-state index in [1.54, 1.807) is 0 Å². The summed E-state index contributed by atoms with van der Waals surface area (Å²) in [5, 5.41) is 2.97. The molecule has 1 amide bonds. The van der Waals surface area contributed by atoms with Crippen LogP contribution in [-0.4, -0.2) is 32.2 Å². The largest absolute Gasteiger partial charge is 0.379 e. The molecule has 0 atom stereocenters. The first-order valence-electron chi connectivity index (χ1n) is 6.70. The van der Waals surface area contributed by atoms with Gasteiger partial charge in [-0.3, -0.25) is 4.79 Å². The second kappa shape index (κ2) is 5.72. The van der Waals surface area contributed by atoms with Crippen molar-refractivity contribution in [2.24, 2.45) is 11.1 Å². The van der Waals surface area contributed by atoms with Gasteiger partial charge in [0.25, 0.3) is 0 Å². The number of carbonyl (C=O) groups excluding carboxylic acids is 1. The van der Waals surface area contributed by atoms with Crippen LogP contribution in [0.3, 0.4) is 0 Å². The normalized spacial score (nSPS) is 16.8. The van der Waals surface area contributed by atoms with Gasteiger partial charge in [-0.2, -0.15) is 0 Å². The second-order valence-electron chi connectivity index (χ2n) is 5.41. The molecule has 2 rings (SSSR count). The summed E-state index contributed by atoms with van der Waals surface area (Å²) >= 11 is 0. The zero-order chi connectivity index (χ0) is 13.9. The van der Waals surface area contributed by atoms with Gasteiger partial charge in [0, 0.05) is 13.1 Å². The van der Waals surface area contributed by atoms with Crippen molar-refractivity contribution in [3.8, 4) is 0 Å². The lowest BCUT2D eigenvalue weighted by Crippen LogP contribution is -2.58. The number of nitrogens with one attached hydrogen (secondary N) is 1. The topological polar surface area (TPSA) is 64.4 Å². The summed E-state index contributed by atoms with van der Waals surface area (Å²) in [7, 11) is 0. The van der Waals surface area contributed by atoms with Gasteiger partial charge in [-0.1, -0.05) is 23.8 Å². The maximum Gasteiger partial charge on any atom is 0.232 e. The summed E-state index contributed by atoms with van der Waals surface area (Å²) in [4.78, 5) is 12.0. The molecule has 1 aliphatic heterocycles. The van der Waals surface area contributed by atoms with Gasteiger partial charge in [-0.25, -0.2) is 0 Å². The van der Waals surface area contributed by atoms with Crippen LogP contribution < -0.4 is 11.1 Å². The fourth-order valence-corrected chi connectivity index (χ4v) is 2.31. The van der Waals surface area contributed by atoms with Crippen molar-refractivity contribution >= 4 is 5.91 Å². The lowest BCUT2D eigenvalue weighted by atomic mass is 9.85. The minimum Gasteiger partial charge on any atom is -0.379 e. The second-order valence-corrected chi connectivity index (χ2v) is 5.41. The fourth-order valence-electron chi connectivity index (χ4n) is 2.31. The van der Waals surface area contributed by atoms with E-state index in [2.05, 4.69) is 37.4 Å². The van der Waals surface area contributed by atoms with E-state index in [0.29, 0.717) is 26.3 Å². The van der Waals surface area contributed by atoms with Crippen LogP contribution in [0.25, 0.3) is 0 Å². The SMILES string of the molecule is Cc1ccc(CCNC(=O)C2(CN)COC2)c(C)c1. The Kier molecular flexibility index (Phi) is 4.22. The van der Waals surface area contributed by atoms with E-state index in [9.17, 15) is 4.79 Å². The van der Waals surface area contributed by atoms with Crippen molar-refractivity contribution in [1.82, 2.24) is 5.32 Å². The van der Waals surface area contributed by atoms with E-state index >= 15 is 0 Å². The summed E-state index contributed by atoms with van der Waals surface area (Å²) in [5.41, 5.74) is 8.98. The molecule has 1 aromatic carbocycles. The zero-order valence-corrected chi connectivity index (χ0v) is 11.7. The summed E-state index contributed by atoms with van der Waals surface area (Å²) in [6, 6.07) is 6.39. The first kappa shape index (κ1) is 14.0. The molecule has 1 aliphatic rings. The smallest absolute Gasteiger partial charge is 0.232 e. The number of amides is 1. The highest BCUT2D eigenvalue weighted by atomic mass is 16.5. The molecule has 0 unspecified atom stereocenters. The number of benzene rings is 1. The lowest BCUT2D eigenvalue weighted by molar-refractivity contribution is -0.159. The molecule has 0 radical (unpaired) electrons. The Morgan fingerprint density at radius 3 is 2.68 bits per heavy atom. The van der Waals surface area contributed by atoms with Gasteiger partial charge in [0.15, 0.2) is 0 Å². The van der Waals surface area contributed by atoms with Gasteiger partial charge in [0.2, 0.25) is 5.91 Å². The van der Waals surface area contributed by atoms with E-state index in [1.807, 2.05) is 0 Å². The molecule has 1 aromatic rings. The van der Waals surface area contributed by atoms with Gasteiger partial charge in [-0.15, -0.1) is 0 Å². The molecule has 0 aromatic heterocycles. The predicted molar refractivity (Wildman–Crippen MR) is 74.9 cm³/mol. The van der Waals surface area contributed by atoms with Crippen molar-refractivity contribution < 1.29 is 9.53 Å². The van der Waals surface area contributed by atoms with Crippen LogP contribution in [0.4, 0.5) is 0 Å². The number of carbonyl (C=O) groups is 1. The van der Waals surface area contributed by atoms with Crippen LogP contribution in [0.2, 0.25) is 0 Å². The average Bonchev–Trinajstić information content (AvgIpc) is 2.31. The molecule has 0 bridgehead atoms. The van der Waals surface area contributed by atoms with E-state index in [-0.39, 0.29) is 5.91 Å². The molecule has 19 heavy (non-hydrogen) atoms. The third-order valence-corrected chi connectivity index (χ3v) is 3.81. The molecule has 0 saturated carbocycles. The highest BCUT2D eigenvalue weighted by Crippen LogP contribution is 2.26. The fraction of sp³-hybridized carbons (Fsp3) is 0.533. The number of hydrogen-bond donors (Lipinski definition) is 2. The van der Waals surface area contributed by atoms with Gasteiger partial charge in [-0.05, 0) is 31.4 Å². The number of rotatable bonds is 5. The summed E-state index contributed by atoms with van der Waals surface area (Å²) in [6.07, 6.45) is 0.847. The third-order valence-electron chi connectivity index (χ3n) is 3.81. The molecule has 1 fully saturated rings. The Morgan fingerprint density at radius 2 is 2.16 bits per heavy atom. The monoisotopic (exact) mass is 262 g/mol. The molecule has 4 nitrogen and oxygen atoms in total. The Labute approximate surface area is 114 Å². The minimum atomic E-state index is -0.484. The third kappa shape index (κ3) is 2.96. The van der Waals surface area contributed by atoms with Crippen LogP contribution in [0.15, 0.2) is 18.2 Å². The molecular weight excluding hydrogens is 240 g/mol. The van der Waals surface area contributed by atoms with Crippen LogP contribution in [0.1, 0.15) is 16.7 Å². The van der Waals surface area contributed by atoms with Crippen molar-refractivity contribution in [1.29, 1.82) is 0 Å². The Bertz CT molecular complexity index is 462. The van der Waals surface area contributed by atoms with Crippen molar-refractivity contribution in [2.75, 3.05) is 26.3 Å². The molecule has 3 N–H and O–H groups in total. The minimum absolute atomic E-state index is 0.0195. The summed E-state index contributed by atoms with van der Waals surface area (Å²) in [6.45, 7) is 6.07. The predicted octanol–water partition coefficient (Wildman–Crippen LogP) is 0.937. The highest BCUT2D eigenvalue weighted by Gasteiger charge is 2.44. The average molecular weight is 262 g/mol. The Morgan fingerprint density at radius 1 is 1.42 bits per heavy atom. The Hall–Kier alpha value is -1.39. The van der Waals surface area contributed by atoms with Crippen molar-refractivity contribution in [3.05, 3.63) is 34.9 Å². The van der Waals surface area contributed by atoms with Gasteiger partial charge >= 0.3 is 0 Å². The van der Waals surface area contributed by atoms with Crippen LogP contribution >= 0.6 is 0 Å². The van der Waals surface area contributed by atoms with E-state index in [4.69, 9.17) is 10.5 Å². The van der Waals surface area contributed by atoms with E-state index in [0.717, 1.165) is 6.42 Å². The van der Waals surface area contributed by atoms with Gasteiger partial charge in [0.05, 0.1) is 13.2 Å². The number of ether oxygens (including phenoxy) is 1. The standard InChI is InChI=1S/C15H22N2O2/c1-11-3-4-13(12(2)7-11)5-6-17-14(18)15(8-16)9-19-10-15/h3-4,7H,5-6,8-10,16H2,1-2H3,(H,17,18). The molecule has 1 saturated heterocycles.